The Morgan fingerprint density at radius 1 is 1.00 bits per heavy atom. The van der Waals surface area contributed by atoms with Crippen LogP contribution in [0, 0.1) is 0 Å². The number of nitrogens with zero attached hydrogens (tertiary/aromatic N) is 1. The molecule has 94 valence electrons. The first kappa shape index (κ1) is 12.7. The topological polar surface area (TPSA) is 25.2 Å². The number of benzene rings is 1. The summed E-state index contributed by atoms with van der Waals surface area (Å²) in [6.45, 7) is 4.61. The second-order valence-corrected chi connectivity index (χ2v) is 4.36. The summed E-state index contributed by atoms with van der Waals surface area (Å²) in [6.07, 6.45) is 3.87. The molecule has 0 aliphatic rings. The zero-order valence-corrected chi connectivity index (χ0v) is 10.5. The predicted molar refractivity (Wildman–Crippen MR) is 74.4 cm³/mol. The van der Waals surface area contributed by atoms with E-state index in [0.29, 0.717) is 0 Å². The Morgan fingerprint density at radius 3 is 2.39 bits per heavy atom. The molecule has 0 radical (unpaired) electrons. The molecule has 0 saturated carbocycles. The SMILES string of the molecule is C=CCn1c(CO)ccc1CCc1ccccc1. The van der Waals surface area contributed by atoms with Crippen molar-refractivity contribution >= 4 is 0 Å². The van der Waals surface area contributed by atoms with Crippen LogP contribution in [0.2, 0.25) is 0 Å². The van der Waals surface area contributed by atoms with Crippen molar-refractivity contribution in [2.45, 2.75) is 26.0 Å². The van der Waals surface area contributed by atoms with Crippen LogP contribution in [0.5, 0.6) is 0 Å². The van der Waals surface area contributed by atoms with E-state index in [1.807, 2.05) is 18.2 Å². The fourth-order valence-electron chi connectivity index (χ4n) is 2.19. The van der Waals surface area contributed by atoms with Crippen LogP contribution in [0.15, 0.2) is 55.1 Å². The molecule has 0 amide bonds. The lowest BCUT2D eigenvalue weighted by Crippen LogP contribution is -2.06. The number of aliphatic hydroxyl groups excluding tert-OH is 1. The van der Waals surface area contributed by atoms with Crippen molar-refractivity contribution in [3.05, 3.63) is 72.1 Å². The lowest BCUT2D eigenvalue weighted by molar-refractivity contribution is 0.271. The molecule has 0 aliphatic heterocycles. The molecular weight excluding hydrogens is 222 g/mol. The Kier molecular flexibility index (Phi) is 4.37. The minimum absolute atomic E-state index is 0.0825. The molecule has 0 unspecified atom stereocenters. The second-order valence-electron chi connectivity index (χ2n) is 4.36. The van der Waals surface area contributed by atoms with Gasteiger partial charge in [-0.3, -0.25) is 0 Å². The van der Waals surface area contributed by atoms with Gasteiger partial charge in [0.25, 0.3) is 0 Å². The van der Waals surface area contributed by atoms with Crippen LogP contribution in [0.4, 0.5) is 0 Å². The molecule has 0 fully saturated rings. The molecule has 1 N–H and O–H groups in total. The molecule has 18 heavy (non-hydrogen) atoms. The van der Waals surface area contributed by atoms with Gasteiger partial charge in [-0.2, -0.15) is 0 Å². The first-order chi connectivity index (χ1) is 8.85. The van der Waals surface area contributed by atoms with Gasteiger partial charge < -0.3 is 9.67 Å². The van der Waals surface area contributed by atoms with Gasteiger partial charge in [-0.15, -0.1) is 6.58 Å². The van der Waals surface area contributed by atoms with Gasteiger partial charge >= 0.3 is 0 Å². The molecule has 0 aliphatic carbocycles. The lowest BCUT2D eigenvalue weighted by atomic mass is 10.1. The van der Waals surface area contributed by atoms with Crippen molar-refractivity contribution in [3.63, 3.8) is 0 Å². The van der Waals surface area contributed by atoms with Gasteiger partial charge in [0, 0.05) is 17.9 Å². The van der Waals surface area contributed by atoms with Gasteiger partial charge in [-0.25, -0.2) is 0 Å². The fraction of sp³-hybridized carbons (Fsp3) is 0.250. The Morgan fingerprint density at radius 2 is 1.72 bits per heavy atom. The predicted octanol–water partition coefficient (Wildman–Crippen LogP) is 2.95. The third-order valence-corrected chi connectivity index (χ3v) is 3.15. The lowest BCUT2D eigenvalue weighted by Gasteiger charge is -2.10. The van der Waals surface area contributed by atoms with E-state index in [1.165, 1.54) is 11.3 Å². The highest BCUT2D eigenvalue weighted by atomic mass is 16.3. The molecule has 0 saturated heterocycles. The van der Waals surface area contributed by atoms with Crippen molar-refractivity contribution in [3.8, 4) is 0 Å². The van der Waals surface area contributed by atoms with Crippen molar-refractivity contribution in [2.24, 2.45) is 0 Å². The number of aliphatic hydroxyl groups is 1. The molecule has 0 bridgehead atoms. The average molecular weight is 241 g/mol. The normalized spacial score (nSPS) is 10.5. The second kappa shape index (κ2) is 6.22. The van der Waals surface area contributed by atoms with Gasteiger partial charge in [0.1, 0.15) is 0 Å². The monoisotopic (exact) mass is 241 g/mol. The van der Waals surface area contributed by atoms with E-state index in [0.717, 1.165) is 25.1 Å². The first-order valence-corrected chi connectivity index (χ1v) is 6.28. The largest absolute Gasteiger partial charge is 0.390 e. The maximum Gasteiger partial charge on any atom is 0.0833 e. The standard InChI is InChI=1S/C16H19NO/c1-2-12-17-15(10-11-16(17)13-18)9-8-14-6-4-3-5-7-14/h2-7,10-11,18H,1,8-9,12-13H2. The Bertz CT molecular complexity index is 499. The average Bonchev–Trinajstić information content (AvgIpc) is 2.80. The van der Waals surface area contributed by atoms with Crippen molar-refractivity contribution < 1.29 is 5.11 Å². The summed E-state index contributed by atoms with van der Waals surface area (Å²) in [5, 5.41) is 9.29. The highest BCUT2D eigenvalue weighted by Gasteiger charge is 2.06. The summed E-state index contributed by atoms with van der Waals surface area (Å²) in [5.74, 6) is 0. The molecule has 0 spiro atoms. The number of hydrogen-bond donors (Lipinski definition) is 1. The number of aromatic nitrogens is 1. The summed E-state index contributed by atoms with van der Waals surface area (Å²) in [4.78, 5) is 0. The highest BCUT2D eigenvalue weighted by molar-refractivity contribution is 5.20. The summed E-state index contributed by atoms with van der Waals surface area (Å²) < 4.78 is 2.13. The Hall–Kier alpha value is -1.80. The maximum atomic E-state index is 9.29. The van der Waals surface area contributed by atoms with Crippen LogP contribution in [-0.4, -0.2) is 9.67 Å². The van der Waals surface area contributed by atoms with Crippen molar-refractivity contribution in [1.82, 2.24) is 4.57 Å². The van der Waals surface area contributed by atoms with E-state index in [4.69, 9.17) is 0 Å². The van der Waals surface area contributed by atoms with E-state index >= 15 is 0 Å². The molecule has 2 nitrogen and oxygen atoms in total. The third-order valence-electron chi connectivity index (χ3n) is 3.15. The van der Waals surface area contributed by atoms with Crippen molar-refractivity contribution in [1.29, 1.82) is 0 Å². The van der Waals surface area contributed by atoms with Crippen LogP contribution in [0.1, 0.15) is 17.0 Å². The minimum Gasteiger partial charge on any atom is -0.390 e. The van der Waals surface area contributed by atoms with Gasteiger partial charge in [0.05, 0.1) is 6.61 Å². The maximum absolute atomic E-state index is 9.29. The van der Waals surface area contributed by atoms with Crippen LogP contribution in [-0.2, 0) is 26.0 Å². The van der Waals surface area contributed by atoms with Gasteiger partial charge in [-0.05, 0) is 30.5 Å². The molecule has 2 rings (SSSR count). The zero-order chi connectivity index (χ0) is 12.8. The highest BCUT2D eigenvalue weighted by Crippen LogP contribution is 2.13. The van der Waals surface area contributed by atoms with Crippen molar-refractivity contribution in [2.75, 3.05) is 0 Å². The summed E-state index contributed by atoms with van der Waals surface area (Å²) in [7, 11) is 0. The Labute approximate surface area is 108 Å². The van der Waals surface area contributed by atoms with E-state index < -0.39 is 0 Å². The fourth-order valence-corrected chi connectivity index (χ4v) is 2.19. The third kappa shape index (κ3) is 2.90. The minimum atomic E-state index is 0.0825. The smallest absolute Gasteiger partial charge is 0.0833 e. The van der Waals surface area contributed by atoms with Crippen LogP contribution < -0.4 is 0 Å². The van der Waals surface area contributed by atoms with E-state index in [9.17, 15) is 5.11 Å². The quantitative estimate of drug-likeness (QED) is 0.773. The summed E-state index contributed by atoms with van der Waals surface area (Å²) in [6, 6.07) is 14.5. The zero-order valence-electron chi connectivity index (χ0n) is 10.5. The van der Waals surface area contributed by atoms with E-state index in [-0.39, 0.29) is 6.61 Å². The number of allylic oxidation sites excluding steroid dienone is 1. The number of aryl methyl sites for hydroxylation is 2. The number of rotatable bonds is 6. The van der Waals surface area contributed by atoms with E-state index in [1.54, 1.807) is 0 Å². The molecule has 1 heterocycles. The molecule has 0 atom stereocenters. The van der Waals surface area contributed by atoms with Gasteiger partial charge in [0.2, 0.25) is 0 Å². The molecular formula is C16H19NO. The van der Waals surface area contributed by atoms with Crippen LogP contribution in [0.3, 0.4) is 0 Å². The molecule has 1 aromatic carbocycles. The molecule has 2 heteroatoms. The van der Waals surface area contributed by atoms with E-state index in [2.05, 4.69) is 41.5 Å². The summed E-state index contributed by atoms with van der Waals surface area (Å²) in [5.41, 5.74) is 3.55. The van der Waals surface area contributed by atoms with Crippen LogP contribution in [0.25, 0.3) is 0 Å². The molecule has 2 aromatic rings. The van der Waals surface area contributed by atoms with Gasteiger partial charge in [0.15, 0.2) is 0 Å². The van der Waals surface area contributed by atoms with Crippen LogP contribution >= 0.6 is 0 Å². The van der Waals surface area contributed by atoms with Gasteiger partial charge in [-0.1, -0.05) is 36.4 Å². The Balaban J connectivity index is 2.09. The number of hydrogen-bond acceptors (Lipinski definition) is 1. The summed E-state index contributed by atoms with van der Waals surface area (Å²) >= 11 is 0. The molecule has 1 aromatic heterocycles. The first-order valence-electron chi connectivity index (χ1n) is 6.28.